The van der Waals surface area contributed by atoms with E-state index in [2.05, 4.69) is 23.1 Å². The summed E-state index contributed by atoms with van der Waals surface area (Å²) in [4.78, 5) is 2.39. The molecule has 0 amide bonds. The number of nitrogens with zero attached hydrogens (tertiary/aromatic N) is 1. The molecule has 2 nitrogen and oxygen atoms in total. The highest BCUT2D eigenvalue weighted by molar-refractivity contribution is 6.31. The minimum Gasteiger partial charge on any atom is -0.371 e. The van der Waals surface area contributed by atoms with Crippen LogP contribution in [0.4, 0.5) is 5.69 Å². The molecule has 0 bridgehead atoms. The molecule has 0 radical (unpaired) electrons. The van der Waals surface area contributed by atoms with E-state index in [1.165, 1.54) is 18.5 Å². The first kappa shape index (κ1) is 11.7. The van der Waals surface area contributed by atoms with Gasteiger partial charge >= 0.3 is 0 Å². The van der Waals surface area contributed by atoms with Gasteiger partial charge in [-0.2, -0.15) is 0 Å². The number of hydrogen-bond acceptors (Lipinski definition) is 2. The lowest BCUT2D eigenvalue weighted by Crippen LogP contribution is -2.19. The topological polar surface area (TPSA) is 29.3 Å². The fraction of sp³-hybridized carbons (Fsp3) is 0.538. The summed E-state index contributed by atoms with van der Waals surface area (Å²) >= 11 is 6.27. The molecule has 1 aromatic carbocycles. The molecule has 88 valence electrons. The highest BCUT2D eigenvalue weighted by atomic mass is 35.5. The largest absolute Gasteiger partial charge is 0.371 e. The van der Waals surface area contributed by atoms with Crippen molar-refractivity contribution in [3.8, 4) is 0 Å². The second kappa shape index (κ2) is 5.07. The maximum absolute atomic E-state index is 6.27. The third-order valence-corrected chi connectivity index (χ3v) is 3.40. The van der Waals surface area contributed by atoms with Crippen molar-refractivity contribution in [1.29, 1.82) is 0 Å². The molecule has 1 atom stereocenters. The van der Waals surface area contributed by atoms with Gasteiger partial charge in [0.1, 0.15) is 0 Å². The van der Waals surface area contributed by atoms with Gasteiger partial charge in [-0.15, -0.1) is 0 Å². The van der Waals surface area contributed by atoms with Crippen LogP contribution >= 0.6 is 11.6 Å². The van der Waals surface area contributed by atoms with Crippen LogP contribution < -0.4 is 10.6 Å². The molecule has 1 saturated heterocycles. The number of anilines is 1. The molecule has 2 rings (SSSR count). The summed E-state index contributed by atoms with van der Waals surface area (Å²) in [6, 6.07) is 6.51. The van der Waals surface area contributed by atoms with Crippen LogP contribution in [0.2, 0.25) is 5.02 Å². The van der Waals surface area contributed by atoms with E-state index in [1.807, 2.05) is 6.92 Å². The average Bonchev–Trinajstić information content (AvgIpc) is 2.73. The molecule has 0 spiro atoms. The van der Waals surface area contributed by atoms with Crippen molar-refractivity contribution in [3.05, 3.63) is 28.8 Å². The van der Waals surface area contributed by atoms with Gasteiger partial charge in [-0.05, 0) is 43.9 Å². The van der Waals surface area contributed by atoms with E-state index >= 15 is 0 Å². The van der Waals surface area contributed by atoms with Gasteiger partial charge < -0.3 is 10.6 Å². The first-order chi connectivity index (χ1) is 7.66. The molecular formula is C13H19ClN2. The second-order valence-corrected chi connectivity index (χ2v) is 5.06. The Morgan fingerprint density at radius 3 is 2.62 bits per heavy atom. The summed E-state index contributed by atoms with van der Waals surface area (Å²) in [6.07, 6.45) is 3.43. The van der Waals surface area contributed by atoms with E-state index in [9.17, 15) is 0 Å². The zero-order chi connectivity index (χ0) is 11.5. The maximum Gasteiger partial charge on any atom is 0.0459 e. The van der Waals surface area contributed by atoms with Crippen molar-refractivity contribution in [2.75, 3.05) is 18.0 Å². The van der Waals surface area contributed by atoms with Crippen LogP contribution in [0.5, 0.6) is 0 Å². The molecule has 2 N–H and O–H groups in total. The Morgan fingerprint density at radius 1 is 1.38 bits per heavy atom. The SMILES string of the molecule is CC(N)Cc1ccc(N2CCCC2)cc1Cl. The Hall–Kier alpha value is -0.730. The predicted molar refractivity (Wildman–Crippen MR) is 70.3 cm³/mol. The Morgan fingerprint density at radius 2 is 2.06 bits per heavy atom. The minimum absolute atomic E-state index is 0.162. The maximum atomic E-state index is 6.27. The van der Waals surface area contributed by atoms with E-state index in [4.69, 9.17) is 17.3 Å². The summed E-state index contributed by atoms with van der Waals surface area (Å²) < 4.78 is 0. The Bertz CT molecular complexity index is 357. The molecule has 1 aromatic rings. The quantitative estimate of drug-likeness (QED) is 0.878. The molecule has 1 aliphatic rings. The van der Waals surface area contributed by atoms with Crippen LogP contribution in [-0.2, 0) is 6.42 Å². The monoisotopic (exact) mass is 238 g/mol. The van der Waals surface area contributed by atoms with E-state index in [-0.39, 0.29) is 6.04 Å². The van der Waals surface area contributed by atoms with Crippen molar-refractivity contribution >= 4 is 17.3 Å². The van der Waals surface area contributed by atoms with Gasteiger partial charge in [-0.3, -0.25) is 0 Å². The molecule has 1 heterocycles. The van der Waals surface area contributed by atoms with Crippen molar-refractivity contribution in [1.82, 2.24) is 0 Å². The lowest BCUT2D eigenvalue weighted by atomic mass is 10.1. The molecule has 0 aromatic heterocycles. The lowest BCUT2D eigenvalue weighted by molar-refractivity contribution is 0.738. The molecule has 1 fully saturated rings. The number of benzene rings is 1. The zero-order valence-corrected chi connectivity index (χ0v) is 10.5. The first-order valence-electron chi connectivity index (χ1n) is 5.96. The fourth-order valence-corrected chi connectivity index (χ4v) is 2.47. The average molecular weight is 239 g/mol. The number of nitrogens with two attached hydrogens (primary N) is 1. The summed E-state index contributed by atoms with van der Waals surface area (Å²) in [7, 11) is 0. The molecule has 1 unspecified atom stereocenters. The molecule has 0 aliphatic carbocycles. The lowest BCUT2D eigenvalue weighted by Gasteiger charge is -2.19. The predicted octanol–water partition coefficient (Wildman–Crippen LogP) is 2.83. The third kappa shape index (κ3) is 2.69. The van der Waals surface area contributed by atoms with Gasteiger partial charge in [0.05, 0.1) is 0 Å². The third-order valence-electron chi connectivity index (χ3n) is 3.05. The first-order valence-corrected chi connectivity index (χ1v) is 6.33. The van der Waals surface area contributed by atoms with Crippen LogP contribution in [0.25, 0.3) is 0 Å². The normalized spacial score (nSPS) is 17.8. The highest BCUT2D eigenvalue weighted by Gasteiger charge is 2.13. The summed E-state index contributed by atoms with van der Waals surface area (Å²) in [5, 5.41) is 0.849. The van der Waals surface area contributed by atoms with Gasteiger partial charge in [0, 0.05) is 29.8 Å². The number of rotatable bonds is 3. The highest BCUT2D eigenvalue weighted by Crippen LogP contribution is 2.26. The van der Waals surface area contributed by atoms with Gasteiger partial charge in [-0.25, -0.2) is 0 Å². The number of hydrogen-bond donors (Lipinski definition) is 1. The summed E-state index contributed by atoms with van der Waals surface area (Å²) in [5.74, 6) is 0. The van der Waals surface area contributed by atoms with Crippen LogP contribution in [-0.4, -0.2) is 19.1 Å². The van der Waals surface area contributed by atoms with E-state index < -0.39 is 0 Å². The molecular weight excluding hydrogens is 220 g/mol. The standard InChI is InChI=1S/C13H19ClN2/c1-10(15)8-11-4-5-12(9-13(11)14)16-6-2-3-7-16/h4-5,9-10H,2-3,6-8,15H2,1H3. The van der Waals surface area contributed by atoms with Crippen molar-refractivity contribution < 1.29 is 0 Å². The van der Waals surface area contributed by atoms with Crippen molar-refractivity contribution in [2.24, 2.45) is 5.73 Å². The smallest absolute Gasteiger partial charge is 0.0459 e. The Labute approximate surface area is 102 Å². The second-order valence-electron chi connectivity index (χ2n) is 4.65. The molecule has 1 aliphatic heterocycles. The molecule has 3 heteroatoms. The minimum atomic E-state index is 0.162. The Kier molecular flexibility index (Phi) is 3.72. The van der Waals surface area contributed by atoms with Crippen molar-refractivity contribution in [2.45, 2.75) is 32.2 Å². The molecule has 0 saturated carbocycles. The van der Waals surface area contributed by atoms with Gasteiger partial charge in [0.15, 0.2) is 0 Å². The van der Waals surface area contributed by atoms with E-state index in [0.717, 1.165) is 30.1 Å². The zero-order valence-electron chi connectivity index (χ0n) is 9.75. The van der Waals surface area contributed by atoms with Crippen LogP contribution in [0.3, 0.4) is 0 Å². The van der Waals surface area contributed by atoms with Crippen molar-refractivity contribution in [3.63, 3.8) is 0 Å². The van der Waals surface area contributed by atoms with E-state index in [0.29, 0.717) is 0 Å². The number of halogens is 1. The van der Waals surface area contributed by atoms with Gasteiger partial charge in [0.2, 0.25) is 0 Å². The Balaban J connectivity index is 2.15. The van der Waals surface area contributed by atoms with Crippen LogP contribution in [0, 0.1) is 0 Å². The van der Waals surface area contributed by atoms with Gasteiger partial charge in [-0.1, -0.05) is 17.7 Å². The van der Waals surface area contributed by atoms with Crippen LogP contribution in [0.15, 0.2) is 18.2 Å². The van der Waals surface area contributed by atoms with Crippen LogP contribution in [0.1, 0.15) is 25.3 Å². The fourth-order valence-electron chi connectivity index (χ4n) is 2.22. The van der Waals surface area contributed by atoms with E-state index in [1.54, 1.807) is 0 Å². The molecule has 16 heavy (non-hydrogen) atoms. The van der Waals surface area contributed by atoms with Gasteiger partial charge in [0.25, 0.3) is 0 Å². The summed E-state index contributed by atoms with van der Waals surface area (Å²) in [6.45, 7) is 4.32. The summed E-state index contributed by atoms with van der Waals surface area (Å²) in [5.41, 5.74) is 8.18.